The normalized spacial score (nSPS) is 18.2. The fraction of sp³-hybridized carbons (Fsp3) is 0.538. The van der Waals surface area contributed by atoms with Crippen LogP contribution in [0.2, 0.25) is 0 Å². The van der Waals surface area contributed by atoms with Crippen molar-refractivity contribution >= 4 is 5.69 Å². The zero-order chi connectivity index (χ0) is 12.3. The minimum atomic E-state index is -0.218. The van der Waals surface area contributed by atoms with Gasteiger partial charge < -0.3 is 14.7 Å². The molecule has 1 aromatic carbocycles. The Hall–Kier alpha value is -1.13. The Bertz CT molecular complexity index is 378. The maximum Gasteiger partial charge on any atom is 0.146 e. The average Bonchev–Trinajstić information content (AvgIpc) is 2.38. The molecule has 1 heterocycles. The van der Waals surface area contributed by atoms with Crippen molar-refractivity contribution in [3.63, 3.8) is 0 Å². The first kappa shape index (κ1) is 12.3. The number of aliphatic hydroxyl groups excluding tert-OH is 1. The summed E-state index contributed by atoms with van der Waals surface area (Å²) < 4.78 is 19.2. The van der Waals surface area contributed by atoms with E-state index in [-0.39, 0.29) is 18.3 Å². The van der Waals surface area contributed by atoms with E-state index in [0.717, 1.165) is 18.7 Å². The summed E-state index contributed by atoms with van der Waals surface area (Å²) >= 11 is 0. The van der Waals surface area contributed by atoms with Gasteiger partial charge >= 0.3 is 0 Å². The summed E-state index contributed by atoms with van der Waals surface area (Å²) in [6, 6.07) is 5.20. The first-order chi connectivity index (χ1) is 8.22. The zero-order valence-electron chi connectivity index (χ0n) is 10.0. The van der Waals surface area contributed by atoms with E-state index in [1.54, 1.807) is 6.07 Å². The maximum atomic E-state index is 14.0. The van der Waals surface area contributed by atoms with Crippen molar-refractivity contribution in [2.45, 2.75) is 12.8 Å². The van der Waals surface area contributed by atoms with Crippen LogP contribution in [0.1, 0.15) is 18.4 Å². The average molecular weight is 239 g/mol. The molecule has 4 heteroatoms. The molecule has 1 aliphatic rings. The summed E-state index contributed by atoms with van der Waals surface area (Å²) in [5.74, 6) is -0.243. The second-order valence-corrected chi connectivity index (χ2v) is 4.39. The van der Waals surface area contributed by atoms with Gasteiger partial charge in [-0.05, 0) is 17.7 Å². The fourth-order valence-corrected chi connectivity index (χ4v) is 2.00. The molecule has 1 atom stereocenters. The molecule has 0 amide bonds. The molecular formula is C13H18FNO2. The first-order valence-electron chi connectivity index (χ1n) is 5.95. The van der Waals surface area contributed by atoms with Crippen molar-refractivity contribution in [1.29, 1.82) is 0 Å². The van der Waals surface area contributed by atoms with Crippen molar-refractivity contribution in [2.75, 3.05) is 37.8 Å². The molecule has 0 saturated carbocycles. The van der Waals surface area contributed by atoms with Gasteiger partial charge in [-0.2, -0.15) is 0 Å². The number of nitrogens with zero attached hydrogens (tertiary/aromatic N) is 1. The molecule has 1 aliphatic heterocycles. The van der Waals surface area contributed by atoms with Crippen molar-refractivity contribution < 1.29 is 14.2 Å². The molecule has 0 bridgehead atoms. The molecule has 1 fully saturated rings. The van der Waals surface area contributed by atoms with Crippen molar-refractivity contribution in [1.82, 2.24) is 0 Å². The van der Waals surface area contributed by atoms with Gasteiger partial charge in [0.1, 0.15) is 5.82 Å². The lowest BCUT2D eigenvalue weighted by Gasteiger charge is -2.29. The highest BCUT2D eigenvalue weighted by atomic mass is 19.1. The predicted molar refractivity (Wildman–Crippen MR) is 64.9 cm³/mol. The standard InChI is InChI=1S/C13H18FNO2/c1-10(9-16)11-2-3-13(12(14)8-11)15-4-6-17-7-5-15/h2-3,8,10,16H,4-7,9H2,1H3. The van der Waals surface area contributed by atoms with Crippen molar-refractivity contribution in [3.05, 3.63) is 29.6 Å². The van der Waals surface area contributed by atoms with E-state index in [2.05, 4.69) is 0 Å². The van der Waals surface area contributed by atoms with Gasteiger partial charge in [0.05, 0.1) is 18.9 Å². The molecule has 0 radical (unpaired) electrons. The molecule has 17 heavy (non-hydrogen) atoms. The zero-order valence-corrected chi connectivity index (χ0v) is 10.0. The van der Waals surface area contributed by atoms with E-state index in [1.165, 1.54) is 6.07 Å². The molecule has 0 aliphatic carbocycles. The number of anilines is 1. The Morgan fingerprint density at radius 3 is 2.71 bits per heavy atom. The van der Waals surface area contributed by atoms with E-state index in [0.29, 0.717) is 18.9 Å². The van der Waals surface area contributed by atoms with Crippen LogP contribution in [0.3, 0.4) is 0 Å². The predicted octanol–water partition coefficient (Wildman–Crippen LogP) is 1.76. The molecule has 0 spiro atoms. The fourth-order valence-electron chi connectivity index (χ4n) is 2.00. The van der Waals surface area contributed by atoms with Crippen molar-refractivity contribution in [2.24, 2.45) is 0 Å². The van der Waals surface area contributed by atoms with Gasteiger partial charge in [0, 0.05) is 25.6 Å². The van der Waals surface area contributed by atoms with E-state index in [9.17, 15) is 4.39 Å². The van der Waals surface area contributed by atoms with Crippen LogP contribution in [0.5, 0.6) is 0 Å². The van der Waals surface area contributed by atoms with Gasteiger partial charge in [-0.15, -0.1) is 0 Å². The number of hydrogen-bond donors (Lipinski definition) is 1. The quantitative estimate of drug-likeness (QED) is 0.872. The lowest BCUT2D eigenvalue weighted by Crippen LogP contribution is -2.36. The van der Waals surface area contributed by atoms with E-state index < -0.39 is 0 Å². The van der Waals surface area contributed by atoms with Crippen LogP contribution in [0.4, 0.5) is 10.1 Å². The van der Waals surface area contributed by atoms with Crippen LogP contribution < -0.4 is 4.90 Å². The van der Waals surface area contributed by atoms with E-state index in [4.69, 9.17) is 9.84 Å². The second-order valence-electron chi connectivity index (χ2n) is 4.39. The third-order valence-electron chi connectivity index (χ3n) is 3.17. The number of morpholine rings is 1. The largest absolute Gasteiger partial charge is 0.396 e. The number of benzene rings is 1. The van der Waals surface area contributed by atoms with Crippen LogP contribution in [0.25, 0.3) is 0 Å². The lowest BCUT2D eigenvalue weighted by molar-refractivity contribution is 0.122. The number of rotatable bonds is 3. The van der Waals surface area contributed by atoms with Crippen LogP contribution in [0.15, 0.2) is 18.2 Å². The molecule has 1 N–H and O–H groups in total. The van der Waals surface area contributed by atoms with Gasteiger partial charge in [0.25, 0.3) is 0 Å². The van der Waals surface area contributed by atoms with E-state index in [1.807, 2.05) is 17.9 Å². The summed E-state index contributed by atoms with van der Waals surface area (Å²) in [5, 5.41) is 9.05. The smallest absolute Gasteiger partial charge is 0.146 e. The summed E-state index contributed by atoms with van der Waals surface area (Å²) in [5.41, 5.74) is 1.46. The first-order valence-corrected chi connectivity index (χ1v) is 5.95. The number of halogens is 1. The highest BCUT2D eigenvalue weighted by Gasteiger charge is 2.16. The van der Waals surface area contributed by atoms with Crippen molar-refractivity contribution in [3.8, 4) is 0 Å². The van der Waals surface area contributed by atoms with Crippen LogP contribution in [-0.4, -0.2) is 38.0 Å². The number of hydrogen-bond acceptors (Lipinski definition) is 3. The third kappa shape index (κ3) is 2.76. The Morgan fingerprint density at radius 2 is 2.12 bits per heavy atom. The van der Waals surface area contributed by atoms with Gasteiger partial charge in [-0.25, -0.2) is 4.39 Å². The van der Waals surface area contributed by atoms with Crippen LogP contribution in [0, 0.1) is 5.82 Å². The Labute approximate surface area is 101 Å². The summed E-state index contributed by atoms with van der Waals surface area (Å²) in [6.07, 6.45) is 0. The molecule has 3 nitrogen and oxygen atoms in total. The minimum Gasteiger partial charge on any atom is -0.396 e. The summed E-state index contributed by atoms with van der Waals surface area (Å²) in [6.45, 7) is 4.67. The third-order valence-corrected chi connectivity index (χ3v) is 3.17. The van der Waals surface area contributed by atoms with Crippen LogP contribution in [-0.2, 0) is 4.74 Å². The number of aliphatic hydroxyl groups is 1. The molecule has 1 saturated heterocycles. The molecule has 0 aromatic heterocycles. The minimum absolute atomic E-state index is 0.0248. The lowest BCUT2D eigenvalue weighted by atomic mass is 10.0. The maximum absolute atomic E-state index is 14.0. The van der Waals surface area contributed by atoms with Gasteiger partial charge in [-0.1, -0.05) is 13.0 Å². The highest BCUT2D eigenvalue weighted by Crippen LogP contribution is 2.24. The molecule has 1 aromatic rings. The van der Waals surface area contributed by atoms with Gasteiger partial charge in [0.15, 0.2) is 0 Å². The summed E-state index contributed by atoms with van der Waals surface area (Å²) in [7, 11) is 0. The van der Waals surface area contributed by atoms with Crippen LogP contribution >= 0.6 is 0 Å². The SMILES string of the molecule is CC(CO)c1ccc(N2CCOCC2)c(F)c1. The van der Waals surface area contributed by atoms with Gasteiger partial charge in [0.2, 0.25) is 0 Å². The molecule has 94 valence electrons. The Kier molecular flexibility index (Phi) is 3.97. The Balaban J connectivity index is 2.18. The van der Waals surface area contributed by atoms with Gasteiger partial charge in [-0.3, -0.25) is 0 Å². The highest BCUT2D eigenvalue weighted by molar-refractivity contribution is 5.50. The number of ether oxygens (including phenoxy) is 1. The summed E-state index contributed by atoms with van der Waals surface area (Å²) in [4.78, 5) is 1.99. The molecular weight excluding hydrogens is 221 g/mol. The Morgan fingerprint density at radius 1 is 1.41 bits per heavy atom. The second kappa shape index (κ2) is 5.47. The molecule has 1 unspecified atom stereocenters. The van der Waals surface area contributed by atoms with E-state index >= 15 is 0 Å². The monoisotopic (exact) mass is 239 g/mol. The molecule has 2 rings (SSSR count). The topological polar surface area (TPSA) is 32.7 Å².